The van der Waals surface area contributed by atoms with Crippen LogP contribution in [0, 0.1) is 0 Å². The van der Waals surface area contributed by atoms with Gasteiger partial charge in [0.05, 0.1) is 0 Å². The predicted octanol–water partition coefficient (Wildman–Crippen LogP) is 3.09. The van der Waals surface area contributed by atoms with Crippen LogP contribution in [0.2, 0.25) is 0 Å². The number of urea groups is 1. The molecule has 0 aromatic heterocycles. The van der Waals surface area contributed by atoms with E-state index in [-0.39, 0.29) is 12.1 Å². The van der Waals surface area contributed by atoms with Gasteiger partial charge in [-0.1, -0.05) is 36.4 Å². The van der Waals surface area contributed by atoms with Gasteiger partial charge in [-0.15, -0.1) is 0 Å². The molecular weight excluding hydrogens is 262 g/mol. The van der Waals surface area contributed by atoms with Crippen LogP contribution in [0.1, 0.15) is 6.42 Å². The van der Waals surface area contributed by atoms with Crippen molar-refractivity contribution in [2.75, 3.05) is 23.3 Å². The van der Waals surface area contributed by atoms with E-state index in [2.05, 4.69) is 27.7 Å². The van der Waals surface area contributed by atoms with E-state index in [1.165, 1.54) is 5.69 Å². The molecule has 0 radical (unpaired) electrons. The molecule has 1 atom stereocenters. The van der Waals surface area contributed by atoms with Crippen molar-refractivity contribution in [3.05, 3.63) is 60.7 Å². The molecule has 0 saturated carbocycles. The topological polar surface area (TPSA) is 44.4 Å². The molecule has 2 aromatic carbocycles. The summed E-state index contributed by atoms with van der Waals surface area (Å²) in [6.07, 6.45) is 0.969. The van der Waals surface area contributed by atoms with Crippen LogP contribution in [0.15, 0.2) is 60.7 Å². The molecule has 21 heavy (non-hydrogen) atoms. The summed E-state index contributed by atoms with van der Waals surface area (Å²) in [5.41, 5.74) is 2.03. The van der Waals surface area contributed by atoms with E-state index in [4.69, 9.17) is 0 Å². The Balaban J connectivity index is 1.52. The minimum Gasteiger partial charge on any atom is -0.369 e. The Morgan fingerprint density at radius 2 is 1.67 bits per heavy atom. The van der Waals surface area contributed by atoms with Crippen molar-refractivity contribution >= 4 is 17.4 Å². The highest BCUT2D eigenvalue weighted by Gasteiger charge is 2.23. The molecule has 4 nitrogen and oxygen atoms in total. The van der Waals surface area contributed by atoms with Crippen LogP contribution in [0.25, 0.3) is 0 Å². The zero-order chi connectivity index (χ0) is 14.5. The minimum atomic E-state index is -0.138. The van der Waals surface area contributed by atoms with Gasteiger partial charge in [0.15, 0.2) is 0 Å². The Bertz CT molecular complexity index is 585. The molecule has 4 heteroatoms. The molecule has 0 unspecified atom stereocenters. The minimum absolute atomic E-state index is 0.138. The van der Waals surface area contributed by atoms with E-state index in [0.29, 0.717) is 0 Å². The highest BCUT2D eigenvalue weighted by atomic mass is 16.2. The second-order valence-corrected chi connectivity index (χ2v) is 5.23. The molecule has 0 spiro atoms. The van der Waals surface area contributed by atoms with Crippen LogP contribution in [0.5, 0.6) is 0 Å². The third kappa shape index (κ3) is 3.54. The summed E-state index contributed by atoms with van der Waals surface area (Å²) in [4.78, 5) is 14.3. The second-order valence-electron chi connectivity index (χ2n) is 5.23. The molecule has 1 aliphatic rings. The van der Waals surface area contributed by atoms with E-state index >= 15 is 0 Å². The molecule has 0 bridgehead atoms. The average Bonchev–Trinajstić information content (AvgIpc) is 2.97. The Hall–Kier alpha value is -2.49. The summed E-state index contributed by atoms with van der Waals surface area (Å²) in [5, 5.41) is 5.89. The fraction of sp³-hybridized carbons (Fsp3) is 0.235. The molecule has 1 heterocycles. The lowest BCUT2D eigenvalue weighted by atomic mass is 10.2. The molecular formula is C17H19N3O. The molecule has 108 valence electrons. The largest absolute Gasteiger partial charge is 0.369 e. The van der Waals surface area contributed by atoms with Crippen LogP contribution in [-0.4, -0.2) is 25.2 Å². The standard InChI is InChI=1S/C17H19N3O/c21-17(18-14-7-3-1-4-8-14)19-15-11-12-20(13-15)16-9-5-2-6-10-16/h1-10,15H,11-13H2,(H2,18,19,21)/t15-/m0/s1. The highest BCUT2D eigenvalue weighted by molar-refractivity contribution is 5.89. The normalized spacial score (nSPS) is 17.5. The van der Waals surface area contributed by atoms with Crippen molar-refractivity contribution in [1.82, 2.24) is 5.32 Å². The van der Waals surface area contributed by atoms with Gasteiger partial charge in [0, 0.05) is 30.5 Å². The SMILES string of the molecule is O=C(Nc1ccccc1)N[C@H]1CCN(c2ccccc2)C1. The summed E-state index contributed by atoms with van der Waals surface area (Å²) >= 11 is 0. The third-order valence-electron chi connectivity index (χ3n) is 3.68. The van der Waals surface area contributed by atoms with Crippen LogP contribution in [-0.2, 0) is 0 Å². The summed E-state index contributed by atoms with van der Waals surface area (Å²) in [5.74, 6) is 0. The lowest BCUT2D eigenvalue weighted by Crippen LogP contribution is -2.39. The van der Waals surface area contributed by atoms with Crippen LogP contribution < -0.4 is 15.5 Å². The molecule has 1 saturated heterocycles. The summed E-state index contributed by atoms with van der Waals surface area (Å²) in [6.45, 7) is 1.83. The van der Waals surface area contributed by atoms with Crippen molar-refractivity contribution in [3.8, 4) is 0 Å². The van der Waals surface area contributed by atoms with E-state index in [9.17, 15) is 4.79 Å². The number of rotatable bonds is 3. The Morgan fingerprint density at radius 3 is 2.38 bits per heavy atom. The van der Waals surface area contributed by atoms with Crippen molar-refractivity contribution < 1.29 is 4.79 Å². The first-order valence-electron chi connectivity index (χ1n) is 7.24. The number of amides is 2. The number of benzene rings is 2. The summed E-state index contributed by atoms with van der Waals surface area (Å²) < 4.78 is 0. The maximum atomic E-state index is 12.0. The molecule has 3 rings (SSSR count). The van der Waals surface area contributed by atoms with Gasteiger partial charge in [-0.25, -0.2) is 4.79 Å². The van der Waals surface area contributed by atoms with Gasteiger partial charge >= 0.3 is 6.03 Å². The van der Waals surface area contributed by atoms with Crippen molar-refractivity contribution in [2.45, 2.75) is 12.5 Å². The van der Waals surface area contributed by atoms with Crippen molar-refractivity contribution in [3.63, 3.8) is 0 Å². The molecule has 0 aliphatic carbocycles. The number of anilines is 2. The number of nitrogens with one attached hydrogen (secondary N) is 2. The Labute approximate surface area is 124 Å². The smallest absolute Gasteiger partial charge is 0.319 e. The van der Waals surface area contributed by atoms with Gasteiger partial charge in [-0.05, 0) is 30.7 Å². The third-order valence-corrected chi connectivity index (χ3v) is 3.68. The number of hydrogen-bond acceptors (Lipinski definition) is 2. The van der Waals surface area contributed by atoms with Gasteiger partial charge < -0.3 is 15.5 Å². The van der Waals surface area contributed by atoms with E-state index in [0.717, 1.165) is 25.2 Å². The molecule has 2 N–H and O–H groups in total. The first kappa shape index (κ1) is 13.5. The van der Waals surface area contributed by atoms with Crippen molar-refractivity contribution in [2.24, 2.45) is 0 Å². The molecule has 2 aromatic rings. The average molecular weight is 281 g/mol. The van der Waals surface area contributed by atoms with E-state index < -0.39 is 0 Å². The molecule has 2 amide bonds. The fourth-order valence-corrected chi connectivity index (χ4v) is 2.63. The van der Waals surface area contributed by atoms with Gasteiger partial charge in [-0.2, -0.15) is 0 Å². The van der Waals surface area contributed by atoms with Crippen molar-refractivity contribution in [1.29, 1.82) is 0 Å². The van der Waals surface area contributed by atoms with Gasteiger partial charge in [0.2, 0.25) is 0 Å². The predicted molar refractivity (Wildman–Crippen MR) is 85.7 cm³/mol. The number of carbonyl (C=O) groups excluding carboxylic acids is 1. The Morgan fingerprint density at radius 1 is 1.00 bits per heavy atom. The first-order valence-corrected chi connectivity index (χ1v) is 7.24. The van der Waals surface area contributed by atoms with Crippen LogP contribution in [0.4, 0.5) is 16.2 Å². The van der Waals surface area contributed by atoms with Gasteiger partial charge in [0.1, 0.15) is 0 Å². The van der Waals surface area contributed by atoms with Crippen LogP contribution in [0.3, 0.4) is 0 Å². The molecule has 1 fully saturated rings. The quantitative estimate of drug-likeness (QED) is 0.908. The fourth-order valence-electron chi connectivity index (χ4n) is 2.63. The number of hydrogen-bond donors (Lipinski definition) is 2. The van der Waals surface area contributed by atoms with Gasteiger partial charge in [-0.3, -0.25) is 0 Å². The summed E-state index contributed by atoms with van der Waals surface area (Å²) in [7, 11) is 0. The highest BCUT2D eigenvalue weighted by Crippen LogP contribution is 2.19. The number of carbonyl (C=O) groups is 1. The number of nitrogens with zero attached hydrogens (tertiary/aromatic N) is 1. The zero-order valence-electron chi connectivity index (χ0n) is 11.8. The lowest BCUT2D eigenvalue weighted by Gasteiger charge is -2.19. The maximum Gasteiger partial charge on any atom is 0.319 e. The number of para-hydroxylation sites is 2. The van der Waals surface area contributed by atoms with E-state index in [1.54, 1.807) is 0 Å². The van der Waals surface area contributed by atoms with Crippen LogP contribution >= 0.6 is 0 Å². The second kappa shape index (κ2) is 6.31. The first-order chi connectivity index (χ1) is 10.3. The lowest BCUT2D eigenvalue weighted by molar-refractivity contribution is 0.249. The monoisotopic (exact) mass is 281 g/mol. The Kier molecular flexibility index (Phi) is 4.05. The van der Waals surface area contributed by atoms with Gasteiger partial charge in [0.25, 0.3) is 0 Å². The zero-order valence-corrected chi connectivity index (χ0v) is 11.8. The summed E-state index contributed by atoms with van der Waals surface area (Å²) in [6, 6.07) is 19.9. The maximum absolute atomic E-state index is 12.0. The molecule has 1 aliphatic heterocycles. The van der Waals surface area contributed by atoms with E-state index in [1.807, 2.05) is 48.5 Å².